The van der Waals surface area contributed by atoms with Crippen molar-refractivity contribution in [2.24, 2.45) is 5.41 Å². The predicted molar refractivity (Wildman–Crippen MR) is 69.0 cm³/mol. The second kappa shape index (κ2) is 5.09. The molecule has 0 amide bonds. The van der Waals surface area contributed by atoms with Crippen LogP contribution >= 0.6 is 23.2 Å². The highest BCUT2D eigenvalue weighted by Crippen LogP contribution is 2.26. The van der Waals surface area contributed by atoms with E-state index in [1.165, 1.54) is 0 Å². The van der Waals surface area contributed by atoms with Crippen molar-refractivity contribution in [1.82, 2.24) is 0 Å². The first kappa shape index (κ1) is 12.7. The summed E-state index contributed by atoms with van der Waals surface area (Å²) in [5.74, 6) is 0. The summed E-state index contributed by atoms with van der Waals surface area (Å²) in [5.41, 5.74) is 1.24. The number of benzene rings is 1. The molecule has 84 valence electrons. The molecule has 1 aromatic rings. The van der Waals surface area contributed by atoms with Gasteiger partial charge in [0.1, 0.15) is 0 Å². The molecule has 0 aromatic heterocycles. The van der Waals surface area contributed by atoms with Crippen LogP contribution in [0, 0.1) is 5.41 Å². The normalized spacial score (nSPS) is 11.5. The first-order chi connectivity index (χ1) is 6.88. The van der Waals surface area contributed by atoms with E-state index < -0.39 is 0 Å². The summed E-state index contributed by atoms with van der Waals surface area (Å²) in [6, 6.07) is 5.45. The molecular formula is C12H17Cl2N. The Morgan fingerprint density at radius 3 is 2.47 bits per heavy atom. The maximum atomic E-state index is 6.03. The van der Waals surface area contributed by atoms with Crippen molar-refractivity contribution in [3.63, 3.8) is 0 Å². The van der Waals surface area contributed by atoms with E-state index >= 15 is 0 Å². The van der Waals surface area contributed by atoms with Crippen LogP contribution in [0.4, 0.5) is 5.69 Å². The molecule has 0 spiro atoms. The molecule has 0 radical (unpaired) electrons. The molecule has 0 saturated heterocycles. The number of hydrogen-bond donors (Lipinski definition) is 1. The Kier molecular flexibility index (Phi) is 4.30. The summed E-state index contributed by atoms with van der Waals surface area (Å²) in [4.78, 5) is 0. The molecule has 0 atom stereocenters. The van der Waals surface area contributed by atoms with Crippen molar-refractivity contribution in [2.75, 3.05) is 11.9 Å². The molecular weight excluding hydrogens is 229 g/mol. The molecule has 0 aliphatic heterocycles. The highest BCUT2D eigenvalue weighted by molar-refractivity contribution is 6.35. The average molecular weight is 246 g/mol. The molecule has 1 rings (SSSR count). The van der Waals surface area contributed by atoms with Gasteiger partial charge in [0.15, 0.2) is 0 Å². The molecule has 1 aromatic carbocycles. The van der Waals surface area contributed by atoms with E-state index in [1.54, 1.807) is 6.07 Å². The minimum absolute atomic E-state index is 0.331. The van der Waals surface area contributed by atoms with E-state index in [0.717, 1.165) is 18.7 Å². The van der Waals surface area contributed by atoms with Crippen LogP contribution in [0.5, 0.6) is 0 Å². The molecule has 0 unspecified atom stereocenters. The standard InChI is InChI=1S/C12H17Cl2N/c1-12(2,3)6-7-15-11-8-9(13)4-5-10(11)14/h4-5,8,15H,6-7H2,1-3H3. The van der Waals surface area contributed by atoms with E-state index in [0.29, 0.717) is 15.5 Å². The molecule has 15 heavy (non-hydrogen) atoms. The maximum absolute atomic E-state index is 6.03. The Balaban J connectivity index is 2.54. The quantitative estimate of drug-likeness (QED) is 0.804. The van der Waals surface area contributed by atoms with Gasteiger partial charge in [0.25, 0.3) is 0 Å². The van der Waals surface area contributed by atoms with Gasteiger partial charge in [-0.25, -0.2) is 0 Å². The van der Waals surface area contributed by atoms with Crippen LogP contribution in [-0.4, -0.2) is 6.54 Å². The average Bonchev–Trinajstić information content (AvgIpc) is 2.09. The second-order valence-electron chi connectivity index (χ2n) is 4.86. The third kappa shape index (κ3) is 4.76. The highest BCUT2D eigenvalue weighted by Gasteiger charge is 2.09. The van der Waals surface area contributed by atoms with Gasteiger partial charge in [0.2, 0.25) is 0 Å². The van der Waals surface area contributed by atoms with Crippen LogP contribution in [0.3, 0.4) is 0 Å². The summed E-state index contributed by atoms with van der Waals surface area (Å²) < 4.78 is 0. The molecule has 3 heteroatoms. The zero-order valence-electron chi connectivity index (χ0n) is 9.40. The minimum Gasteiger partial charge on any atom is -0.384 e. The zero-order chi connectivity index (χ0) is 11.5. The largest absolute Gasteiger partial charge is 0.384 e. The van der Waals surface area contributed by atoms with Crippen LogP contribution in [-0.2, 0) is 0 Å². The van der Waals surface area contributed by atoms with E-state index in [9.17, 15) is 0 Å². The summed E-state index contributed by atoms with van der Waals surface area (Å²) in [5, 5.41) is 4.72. The van der Waals surface area contributed by atoms with Crippen LogP contribution in [0.15, 0.2) is 18.2 Å². The second-order valence-corrected chi connectivity index (χ2v) is 5.71. The third-order valence-electron chi connectivity index (χ3n) is 2.12. The fraction of sp³-hybridized carbons (Fsp3) is 0.500. The molecule has 0 aliphatic rings. The number of anilines is 1. The number of nitrogens with one attached hydrogen (secondary N) is 1. The Bertz CT molecular complexity index is 329. The highest BCUT2D eigenvalue weighted by atomic mass is 35.5. The van der Waals surface area contributed by atoms with Crippen molar-refractivity contribution >= 4 is 28.9 Å². The van der Waals surface area contributed by atoms with Crippen LogP contribution in [0.1, 0.15) is 27.2 Å². The fourth-order valence-electron chi connectivity index (χ4n) is 1.21. The molecule has 0 fully saturated rings. The summed E-state index contributed by atoms with van der Waals surface area (Å²) in [6.45, 7) is 7.56. The SMILES string of the molecule is CC(C)(C)CCNc1cc(Cl)ccc1Cl. The van der Waals surface area contributed by atoms with Gasteiger partial charge < -0.3 is 5.32 Å². The van der Waals surface area contributed by atoms with Crippen LogP contribution < -0.4 is 5.32 Å². The minimum atomic E-state index is 0.331. The van der Waals surface area contributed by atoms with Crippen molar-refractivity contribution in [3.05, 3.63) is 28.2 Å². The summed E-state index contributed by atoms with van der Waals surface area (Å²) >= 11 is 11.9. The van der Waals surface area contributed by atoms with Gasteiger partial charge >= 0.3 is 0 Å². The van der Waals surface area contributed by atoms with Gasteiger partial charge in [0, 0.05) is 11.6 Å². The topological polar surface area (TPSA) is 12.0 Å². The Hall–Kier alpha value is -0.400. The maximum Gasteiger partial charge on any atom is 0.0638 e. The Morgan fingerprint density at radius 1 is 1.20 bits per heavy atom. The lowest BCUT2D eigenvalue weighted by Crippen LogP contribution is -2.12. The van der Waals surface area contributed by atoms with Crippen LogP contribution in [0.2, 0.25) is 10.0 Å². The monoisotopic (exact) mass is 245 g/mol. The van der Waals surface area contributed by atoms with Crippen molar-refractivity contribution in [1.29, 1.82) is 0 Å². The molecule has 0 bridgehead atoms. The van der Waals surface area contributed by atoms with E-state index in [4.69, 9.17) is 23.2 Å². The third-order valence-corrected chi connectivity index (χ3v) is 2.68. The predicted octanol–water partition coefficient (Wildman–Crippen LogP) is 4.84. The van der Waals surface area contributed by atoms with E-state index in [1.807, 2.05) is 12.1 Å². The molecule has 1 N–H and O–H groups in total. The number of halogens is 2. The number of rotatable bonds is 3. The molecule has 0 heterocycles. The van der Waals surface area contributed by atoms with Gasteiger partial charge in [-0.1, -0.05) is 44.0 Å². The van der Waals surface area contributed by atoms with Gasteiger partial charge in [0.05, 0.1) is 10.7 Å². The van der Waals surface area contributed by atoms with Gasteiger partial charge in [-0.15, -0.1) is 0 Å². The van der Waals surface area contributed by atoms with Crippen LogP contribution in [0.25, 0.3) is 0 Å². The first-order valence-corrected chi connectivity index (χ1v) is 5.83. The van der Waals surface area contributed by atoms with E-state index in [-0.39, 0.29) is 0 Å². The van der Waals surface area contributed by atoms with Crippen molar-refractivity contribution in [2.45, 2.75) is 27.2 Å². The first-order valence-electron chi connectivity index (χ1n) is 5.07. The smallest absolute Gasteiger partial charge is 0.0638 e. The fourth-order valence-corrected chi connectivity index (χ4v) is 1.56. The summed E-state index contributed by atoms with van der Waals surface area (Å²) in [7, 11) is 0. The molecule has 0 saturated carbocycles. The summed E-state index contributed by atoms with van der Waals surface area (Å²) in [6.07, 6.45) is 1.09. The van der Waals surface area contributed by atoms with Gasteiger partial charge in [-0.05, 0) is 30.0 Å². The van der Waals surface area contributed by atoms with E-state index in [2.05, 4.69) is 26.1 Å². The Labute approximate surface area is 102 Å². The van der Waals surface area contributed by atoms with Gasteiger partial charge in [-0.2, -0.15) is 0 Å². The lowest BCUT2D eigenvalue weighted by Gasteiger charge is -2.19. The Morgan fingerprint density at radius 2 is 1.87 bits per heavy atom. The molecule has 1 nitrogen and oxygen atoms in total. The number of hydrogen-bond acceptors (Lipinski definition) is 1. The zero-order valence-corrected chi connectivity index (χ0v) is 10.9. The molecule has 0 aliphatic carbocycles. The van der Waals surface area contributed by atoms with Gasteiger partial charge in [-0.3, -0.25) is 0 Å². The lowest BCUT2D eigenvalue weighted by molar-refractivity contribution is 0.390. The lowest BCUT2D eigenvalue weighted by atomic mass is 9.92. The van der Waals surface area contributed by atoms with Crippen molar-refractivity contribution in [3.8, 4) is 0 Å². The van der Waals surface area contributed by atoms with Crippen molar-refractivity contribution < 1.29 is 0 Å².